The number of carbonyl (C=O) groups is 2. The van der Waals surface area contributed by atoms with Crippen LogP contribution in [0, 0.1) is 0 Å². The molecule has 0 aliphatic heterocycles. The van der Waals surface area contributed by atoms with Crippen LogP contribution in [0.4, 0.5) is 5.82 Å². The second kappa shape index (κ2) is 6.53. The van der Waals surface area contributed by atoms with E-state index in [0.29, 0.717) is 0 Å². The number of amides is 2. The van der Waals surface area contributed by atoms with E-state index in [4.69, 9.17) is 17.4 Å². The number of hydrogen-bond donors (Lipinski definition) is 4. The number of halogens is 1. The van der Waals surface area contributed by atoms with Gasteiger partial charge in [0.15, 0.2) is 0 Å². The summed E-state index contributed by atoms with van der Waals surface area (Å²) in [7, 11) is 0. The van der Waals surface area contributed by atoms with Crippen molar-refractivity contribution in [2.75, 3.05) is 12.0 Å². The largest absolute Gasteiger partial charge is 0.350 e. The van der Waals surface area contributed by atoms with Gasteiger partial charge in [-0.15, -0.1) is 0 Å². The summed E-state index contributed by atoms with van der Waals surface area (Å²) in [5, 5.41) is 5.36. The van der Waals surface area contributed by atoms with E-state index >= 15 is 0 Å². The fraction of sp³-hybridized carbons (Fsp3) is 0.417. The third-order valence-corrected chi connectivity index (χ3v) is 2.32. The molecule has 0 unspecified atom stereocenters. The molecule has 8 heteroatoms. The summed E-state index contributed by atoms with van der Waals surface area (Å²) in [4.78, 5) is 27.3. The number of nitrogen functional groups attached to an aromatic ring is 1. The molecule has 1 aromatic rings. The van der Waals surface area contributed by atoms with Gasteiger partial charge in [0.1, 0.15) is 11.0 Å². The van der Waals surface area contributed by atoms with Crippen LogP contribution in [0.2, 0.25) is 5.15 Å². The summed E-state index contributed by atoms with van der Waals surface area (Å²) in [6.45, 7) is 5.44. The molecule has 1 aromatic heterocycles. The van der Waals surface area contributed by atoms with Crippen LogP contribution in [0.1, 0.15) is 31.1 Å². The summed E-state index contributed by atoms with van der Waals surface area (Å²) in [5.41, 5.74) is 2.22. The van der Waals surface area contributed by atoms with Gasteiger partial charge < -0.3 is 16.1 Å². The summed E-state index contributed by atoms with van der Waals surface area (Å²) >= 11 is 5.76. The van der Waals surface area contributed by atoms with Gasteiger partial charge in [0.05, 0.1) is 6.54 Å². The highest BCUT2D eigenvalue weighted by molar-refractivity contribution is 6.29. The van der Waals surface area contributed by atoms with E-state index in [2.05, 4.69) is 21.0 Å². The van der Waals surface area contributed by atoms with Crippen molar-refractivity contribution in [1.82, 2.24) is 15.6 Å². The molecule has 1 rings (SSSR count). The van der Waals surface area contributed by atoms with E-state index < -0.39 is 5.91 Å². The number of hydrogen-bond acceptors (Lipinski definition) is 5. The number of aromatic nitrogens is 1. The molecule has 0 saturated heterocycles. The Bertz CT molecular complexity index is 513. The molecule has 0 saturated carbocycles. The maximum atomic E-state index is 11.9. The third-order valence-electron chi connectivity index (χ3n) is 2.13. The van der Waals surface area contributed by atoms with Gasteiger partial charge >= 0.3 is 0 Å². The van der Waals surface area contributed by atoms with Gasteiger partial charge in [0, 0.05) is 11.1 Å². The van der Waals surface area contributed by atoms with E-state index in [1.807, 2.05) is 20.8 Å². The Morgan fingerprint density at radius 2 is 2.00 bits per heavy atom. The molecule has 20 heavy (non-hydrogen) atoms. The zero-order valence-corrected chi connectivity index (χ0v) is 12.3. The smallest absolute Gasteiger partial charge is 0.251 e. The second-order valence-corrected chi connectivity index (χ2v) is 5.58. The van der Waals surface area contributed by atoms with Gasteiger partial charge in [-0.05, 0) is 32.9 Å². The lowest BCUT2D eigenvalue weighted by Crippen LogP contribution is -2.45. The number of carbonyl (C=O) groups excluding carboxylic acids is 2. The Hall–Kier alpha value is -1.86. The van der Waals surface area contributed by atoms with E-state index in [1.54, 1.807) is 0 Å². The Morgan fingerprint density at radius 1 is 1.35 bits per heavy atom. The van der Waals surface area contributed by atoms with Crippen molar-refractivity contribution in [3.05, 3.63) is 22.8 Å². The first-order valence-electron chi connectivity index (χ1n) is 5.94. The van der Waals surface area contributed by atoms with Crippen LogP contribution in [-0.4, -0.2) is 28.9 Å². The molecule has 1 heterocycles. The highest BCUT2D eigenvalue weighted by atomic mass is 35.5. The van der Waals surface area contributed by atoms with E-state index in [0.717, 1.165) is 0 Å². The van der Waals surface area contributed by atoms with Crippen LogP contribution >= 0.6 is 11.6 Å². The van der Waals surface area contributed by atoms with Gasteiger partial charge in [0.25, 0.3) is 5.91 Å². The van der Waals surface area contributed by atoms with Crippen molar-refractivity contribution in [2.45, 2.75) is 26.3 Å². The first-order chi connectivity index (χ1) is 9.21. The Balaban J connectivity index is 2.63. The van der Waals surface area contributed by atoms with Crippen LogP contribution in [0.3, 0.4) is 0 Å². The van der Waals surface area contributed by atoms with Crippen LogP contribution in [-0.2, 0) is 4.79 Å². The van der Waals surface area contributed by atoms with Crippen LogP contribution < -0.4 is 21.9 Å². The first kappa shape index (κ1) is 16.2. The number of nitrogens with one attached hydrogen (secondary N) is 3. The number of rotatable bonds is 4. The molecule has 0 fully saturated rings. The van der Waals surface area contributed by atoms with Crippen LogP contribution in [0.15, 0.2) is 12.1 Å². The number of anilines is 1. The lowest BCUT2D eigenvalue weighted by atomic mass is 10.1. The number of hydrazine groups is 1. The van der Waals surface area contributed by atoms with Crippen molar-refractivity contribution < 1.29 is 9.59 Å². The predicted octanol–water partition coefficient (Wildman–Crippen LogP) is 0.665. The molecule has 110 valence electrons. The zero-order chi connectivity index (χ0) is 15.3. The minimum absolute atomic E-state index is 0.124. The summed E-state index contributed by atoms with van der Waals surface area (Å²) in [5.74, 6) is 4.77. The second-order valence-electron chi connectivity index (χ2n) is 5.19. The van der Waals surface area contributed by atoms with Crippen molar-refractivity contribution in [3.63, 3.8) is 0 Å². The number of nitrogens with two attached hydrogens (primary N) is 1. The average Bonchev–Trinajstić information content (AvgIpc) is 2.33. The Kier molecular flexibility index (Phi) is 5.29. The molecule has 0 aromatic carbocycles. The zero-order valence-electron chi connectivity index (χ0n) is 11.6. The normalized spacial score (nSPS) is 10.8. The topological polar surface area (TPSA) is 109 Å². The van der Waals surface area contributed by atoms with Crippen LogP contribution in [0.5, 0.6) is 0 Å². The maximum Gasteiger partial charge on any atom is 0.251 e. The molecule has 0 radical (unpaired) electrons. The van der Waals surface area contributed by atoms with Crippen molar-refractivity contribution in [3.8, 4) is 0 Å². The standard InChI is InChI=1S/C12H18ClN5O2/c1-12(2,3)17-10(19)6-15-11(20)7-4-8(13)16-9(5-7)18-14/h4-5H,6,14H2,1-3H3,(H,15,20)(H,16,18)(H,17,19). The van der Waals surface area contributed by atoms with Crippen molar-refractivity contribution >= 4 is 29.2 Å². The molecule has 0 aliphatic carbocycles. The SMILES string of the molecule is CC(C)(C)NC(=O)CNC(=O)c1cc(Cl)nc(NN)c1. The monoisotopic (exact) mass is 299 g/mol. The van der Waals surface area contributed by atoms with Crippen molar-refractivity contribution in [2.24, 2.45) is 5.84 Å². The minimum atomic E-state index is -0.435. The average molecular weight is 300 g/mol. The summed E-state index contributed by atoms with van der Waals surface area (Å²) in [6.07, 6.45) is 0. The molecule has 5 N–H and O–H groups in total. The molecule has 0 spiro atoms. The predicted molar refractivity (Wildman–Crippen MR) is 77.3 cm³/mol. The Labute approximate surface area is 122 Å². The molecule has 0 bridgehead atoms. The molecule has 0 aliphatic rings. The Morgan fingerprint density at radius 3 is 2.55 bits per heavy atom. The van der Waals surface area contributed by atoms with E-state index in [9.17, 15) is 9.59 Å². The lowest BCUT2D eigenvalue weighted by molar-refractivity contribution is -0.121. The molecular weight excluding hydrogens is 282 g/mol. The maximum absolute atomic E-state index is 11.9. The number of nitrogens with zero attached hydrogens (tertiary/aromatic N) is 1. The van der Waals surface area contributed by atoms with Gasteiger partial charge in [-0.25, -0.2) is 10.8 Å². The van der Waals surface area contributed by atoms with Crippen molar-refractivity contribution in [1.29, 1.82) is 0 Å². The fourth-order valence-corrected chi connectivity index (χ4v) is 1.64. The molecule has 0 atom stereocenters. The fourth-order valence-electron chi connectivity index (χ4n) is 1.43. The van der Waals surface area contributed by atoms with Gasteiger partial charge in [-0.1, -0.05) is 11.6 Å². The molecular formula is C12H18ClN5O2. The number of pyridine rings is 1. The molecule has 7 nitrogen and oxygen atoms in total. The first-order valence-corrected chi connectivity index (χ1v) is 6.32. The third kappa shape index (κ3) is 5.41. The quantitative estimate of drug-likeness (QED) is 0.371. The van der Waals surface area contributed by atoms with Gasteiger partial charge in [-0.2, -0.15) is 0 Å². The van der Waals surface area contributed by atoms with Gasteiger partial charge in [-0.3, -0.25) is 9.59 Å². The van der Waals surface area contributed by atoms with Crippen LogP contribution in [0.25, 0.3) is 0 Å². The highest BCUT2D eigenvalue weighted by Crippen LogP contribution is 2.13. The highest BCUT2D eigenvalue weighted by Gasteiger charge is 2.15. The minimum Gasteiger partial charge on any atom is -0.350 e. The van der Waals surface area contributed by atoms with E-state index in [-0.39, 0.29) is 34.5 Å². The van der Waals surface area contributed by atoms with Gasteiger partial charge in [0.2, 0.25) is 5.91 Å². The lowest BCUT2D eigenvalue weighted by Gasteiger charge is -2.20. The van der Waals surface area contributed by atoms with E-state index in [1.165, 1.54) is 12.1 Å². The summed E-state index contributed by atoms with van der Waals surface area (Å²) < 4.78 is 0. The summed E-state index contributed by atoms with van der Waals surface area (Å²) in [6, 6.07) is 2.82. The molecule has 2 amide bonds.